The van der Waals surface area contributed by atoms with Crippen molar-refractivity contribution in [3.63, 3.8) is 0 Å². The van der Waals surface area contributed by atoms with E-state index in [2.05, 4.69) is 28.2 Å². The van der Waals surface area contributed by atoms with E-state index in [0.29, 0.717) is 6.04 Å². The maximum absolute atomic E-state index is 11.8. The molecule has 80 valence electrons. The summed E-state index contributed by atoms with van der Waals surface area (Å²) in [7, 11) is 0. The van der Waals surface area contributed by atoms with Gasteiger partial charge in [0, 0.05) is 16.1 Å². The number of halogens is 1. The molecule has 2 rings (SSSR count). The Bertz CT molecular complexity index is 389. The molecule has 0 spiro atoms. The number of carbonyl (C=O) groups is 1. The molecular weight excluding hydrogens is 254 g/mol. The van der Waals surface area contributed by atoms with Gasteiger partial charge in [-0.3, -0.25) is 4.79 Å². The fourth-order valence-electron chi connectivity index (χ4n) is 2.04. The van der Waals surface area contributed by atoms with Crippen LogP contribution in [0.4, 0.5) is 0 Å². The van der Waals surface area contributed by atoms with E-state index in [-0.39, 0.29) is 5.91 Å². The van der Waals surface area contributed by atoms with Crippen LogP contribution in [-0.4, -0.2) is 11.9 Å². The van der Waals surface area contributed by atoms with Crippen molar-refractivity contribution in [2.75, 3.05) is 0 Å². The third kappa shape index (κ3) is 2.23. The third-order valence-electron chi connectivity index (χ3n) is 2.76. The Morgan fingerprint density at radius 3 is 3.07 bits per heavy atom. The maximum Gasteiger partial charge on any atom is 0.251 e. The van der Waals surface area contributed by atoms with Gasteiger partial charge in [0.2, 0.25) is 0 Å². The van der Waals surface area contributed by atoms with E-state index in [9.17, 15) is 4.79 Å². The zero-order valence-corrected chi connectivity index (χ0v) is 10.3. The van der Waals surface area contributed by atoms with Gasteiger partial charge in [0.1, 0.15) is 0 Å². The molecule has 1 aliphatic rings. The monoisotopic (exact) mass is 267 g/mol. The van der Waals surface area contributed by atoms with Crippen molar-refractivity contribution in [3.8, 4) is 0 Å². The normalized spacial score (nSPS) is 19.6. The number of hydrogen-bond donors (Lipinski definition) is 1. The van der Waals surface area contributed by atoms with Crippen LogP contribution in [0.2, 0.25) is 0 Å². The van der Waals surface area contributed by atoms with Crippen LogP contribution in [-0.2, 0) is 6.42 Å². The molecule has 0 radical (unpaired) electrons. The molecular formula is C12H14BrNO. The lowest BCUT2D eigenvalue weighted by molar-refractivity contribution is 0.0923. The number of fused-ring (bicyclic) bond motifs is 1. The van der Waals surface area contributed by atoms with E-state index >= 15 is 0 Å². The summed E-state index contributed by atoms with van der Waals surface area (Å²) in [5, 5.41) is 3.04. The fraction of sp³-hybridized carbons (Fsp3) is 0.417. The zero-order valence-electron chi connectivity index (χ0n) is 8.72. The summed E-state index contributed by atoms with van der Waals surface area (Å²) in [6, 6.07) is 6.25. The largest absolute Gasteiger partial charge is 0.349 e. The van der Waals surface area contributed by atoms with E-state index in [1.54, 1.807) is 0 Å². The van der Waals surface area contributed by atoms with Gasteiger partial charge in [0.25, 0.3) is 5.91 Å². The molecule has 2 nitrogen and oxygen atoms in total. The molecule has 1 unspecified atom stereocenters. The predicted molar refractivity (Wildman–Crippen MR) is 64.0 cm³/mol. The molecule has 0 saturated heterocycles. The smallest absolute Gasteiger partial charge is 0.251 e. The van der Waals surface area contributed by atoms with E-state index in [4.69, 9.17) is 0 Å². The molecule has 1 aromatic carbocycles. The second-order valence-electron chi connectivity index (χ2n) is 3.96. The standard InChI is InChI=1S/C12H14BrNO/c1-2-3-10-6-8-4-5-9(13)7-11(8)12(15)14-10/h4-5,7,10H,2-3,6H2,1H3,(H,14,15). The molecule has 0 aliphatic carbocycles. The Kier molecular flexibility index (Phi) is 3.10. The molecule has 1 amide bonds. The van der Waals surface area contributed by atoms with Gasteiger partial charge < -0.3 is 5.32 Å². The molecule has 1 heterocycles. The van der Waals surface area contributed by atoms with E-state index in [0.717, 1.165) is 29.3 Å². The van der Waals surface area contributed by atoms with Crippen LogP contribution in [0.1, 0.15) is 35.7 Å². The van der Waals surface area contributed by atoms with Gasteiger partial charge in [0.15, 0.2) is 0 Å². The highest BCUT2D eigenvalue weighted by Gasteiger charge is 2.23. The molecule has 3 heteroatoms. The average Bonchev–Trinajstić information content (AvgIpc) is 2.20. The summed E-state index contributed by atoms with van der Waals surface area (Å²) in [5.41, 5.74) is 1.98. The summed E-state index contributed by atoms with van der Waals surface area (Å²) < 4.78 is 0.963. The highest BCUT2D eigenvalue weighted by Crippen LogP contribution is 2.22. The first-order chi connectivity index (χ1) is 7.20. The van der Waals surface area contributed by atoms with Crippen molar-refractivity contribution in [1.82, 2.24) is 5.32 Å². The van der Waals surface area contributed by atoms with Gasteiger partial charge >= 0.3 is 0 Å². The number of hydrogen-bond acceptors (Lipinski definition) is 1. The number of benzene rings is 1. The van der Waals surface area contributed by atoms with E-state index < -0.39 is 0 Å². The third-order valence-corrected chi connectivity index (χ3v) is 3.25. The molecule has 1 aliphatic heterocycles. The molecule has 0 fully saturated rings. The van der Waals surface area contributed by atoms with Crippen LogP contribution in [0.5, 0.6) is 0 Å². The molecule has 0 saturated carbocycles. The first-order valence-electron chi connectivity index (χ1n) is 5.30. The molecule has 1 aromatic rings. The highest BCUT2D eigenvalue weighted by molar-refractivity contribution is 9.10. The van der Waals surface area contributed by atoms with Crippen LogP contribution in [0.15, 0.2) is 22.7 Å². The second kappa shape index (κ2) is 4.35. The first-order valence-corrected chi connectivity index (χ1v) is 6.09. The Hall–Kier alpha value is -0.830. The number of rotatable bonds is 2. The first kappa shape index (κ1) is 10.7. The minimum atomic E-state index is 0.0657. The SMILES string of the molecule is CCCC1Cc2ccc(Br)cc2C(=O)N1. The van der Waals surface area contributed by atoms with Crippen molar-refractivity contribution >= 4 is 21.8 Å². The quantitative estimate of drug-likeness (QED) is 0.877. The lowest BCUT2D eigenvalue weighted by Gasteiger charge is -2.25. The van der Waals surface area contributed by atoms with Crippen molar-refractivity contribution in [2.24, 2.45) is 0 Å². The van der Waals surface area contributed by atoms with Gasteiger partial charge in [-0.1, -0.05) is 35.3 Å². The zero-order chi connectivity index (χ0) is 10.8. The number of amides is 1. The van der Waals surface area contributed by atoms with Crippen LogP contribution in [0.25, 0.3) is 0 Å². The van der Waals surface area contributed by atoms with Crippen LogP contribution in [0, 0.1) is 0 Å². The maximum atomic E-state index is 11.8. The van der Waals surface area contributed by atoms with Crippen molar-refractivity contribution in [1.29, 1.82) is 0 Å². The fourth-order valence-corrected chi connectivity index (χ4v) is 2.40. The topological polar surface area (TPSA) is 29.1 Å². The Morgan fingerprint density at radius 2 is 2.33 bits per heavy atom. The van der Waals surface area contributed by atoms with Gasteiger partial charge in [-0.05, 0) is 30.5 Å². The molecule has 0 bridgehead atoms. The average molecular weight is 268 g/mol. The van der Waals surface area contributed by atoms with Crippen LogP contribution < -0.4 is 5.32 Å². The van der Waals surface area contributed by atoms with Crippen molar-refractivity contribution in [3.05, 3.63) is 33.8 Å². The van der Waals surface area contributed by atoms with Crippen LogP contribution in [0.3, 0.4) is 0 Å². The lowest BCUT2D eigenvalue weighted by atomic mass is 9.93. The lowest BCUT2D eigenvalue weighted by Crippen LogP contribution is -2.41. The van der Waals surface area contributed by atoms with E-state index in [1.807, 2.05) is 18.2 Å². The highest BCUT2D eigenvalue weighted by atomic mass is 79.9. The van der Waals surface area contributed by atoms with Crippen molar-refractivity contribution < 1.29 is 4.79 Å². The van der Waals surface area contributed by atoms with E-state index in [1.165, 1.54) is 5.56 Å². The Balaban J connectivity index is 2.28. The minimum absolute atomic E-state index is 0.0657. The minimum Gasteiger partial charge on any atom is -0.349 e. The van der Waals surface area contributed by atoms with Gasteiger partial charge in [-0.15, -0.1) is 0 Å². The molecule has 0 aromatic heterocycles. The number of carbonyl (C=O) groups excluding carboxylic acids is 1. The molecule has 1 atom stereocenters. The van der Waals surface area contributed by atoms with Crippen LogP contribution >= 0.6 is 15.9 Å². The summed E-state index contributed by atoms with van der Waals surface area (Å²) in [5.74, 6) is 0.0657. The molecule has 15 heavy (non-hydrogen) atoms. The summed E-state index contributed by atoms with van der Waals surface area (Å²) in [6.07, 6.45) is 3.13. The van der Waals surface area contributed by atoms with Gasteiger partial charge in [-0.2, -0.15) is 0 Å². The van der Waals surface area contributed by atoms with Gasteiger partial charge in [-0.25, -0.2) is 0 Å². The Labute approximate surface area is 98.2 Å². The number of nitrogens with one attached hydrogen (secondary N) is 1. The predicted octanol–water partition coefficient (Wildman–Crippen LogP) is 2.90. The Morgan fingerprint density at radius 1 is 1.53 bits per heavy atom. The van der Waals surface area contributed by atoms with Gasteiger partial charge in [0.05, 0.1) is 0 Å². The summed E-state index contributed by atoms with van der Waals surface area (Å²) in [4.78, 5) is 11.8. The molecule has 1 N–H and O–H groups in total. The second-order valence-corrected chi connectivity index (χ2v) is 4.88. The van der Waals surface area contributed by atoms with Crippen molar-refractivity contribution in [2.45, 2.75) is 32.2 Å². The summed E-state index contributed by atoms with van der Waals surface area (Å²) >= 11 is 3.38. The summed E-state index contributed by atoms with van der Waals surface area (Å²) in [6.45, 7) is 2.14.